The van der Waals surface area contributed by atoms with Crippen molar-refractivity contribution in [3.8, 4) is 17.2 Å². The number of aryl methyl sites for hydroxylation is 4. The Morgan fingerprint density at radius 1 is 0.553 bits per heavy atom. The Bertz CT molecular complexity index is 4200. The first kappa shape index (κ1) is 89.6. The van der Waals surface area contributed by atoms with E-state index in [0.29, 0.717) is 54.7 Å². The second-order valence-electron chi connectivity index (χ2n) is 29.5. The van der Waals surface area contributed by atoms with E-state index in [2.05, 4.69) is 22.0 Å². The first-order valence-corrected chi connectivity index (χ1v) is 37.9. The van der Waals surface area contributed by atoms with Crippen molar-refractivity contribution in [3.63, 3.8) is 0 Å². The summed E-state index contributed by atoms with van der Waals surface area (Å²) in [7, 11) is 0. The third-order valence-electron chi connectivity index (χ3n) is 20.5. The number of aromatic hydroxyl groups is 3. The zero-order valence-corrected chi connectivity index (χ0v) is 64.3. The van der Waals surface area contributed by atoms with Gasteiger partial charge in [-0.2, -0.15) is 0 Å². The van der Waals surface area contributed by atoms with E-state index >= 15 is 0 Å². The highest BCUT2D eigenvalue weighted by Crippen LogP contribution is 2.32. The summed E-state index contributed by atoms with van der Waals surface area (Å²) in [4.78, 5) is 210. The summed E-state index contributed by atoms with van der Waals surface area (Å²) >= 11 is 0. The van der Waals surface area contributed by atoms with Crippen LogP contribution in [0.3, 0.4) is 0 Å². The number of phenols is 3. The summed E-state index contributed by atoms with van der Waals surface area (Å²) in [6.07, 6.45) is 7.89. The van der Waals surface area contributed by atoms with Gasteiger partial charge in [0.2, 0.25) is 53.2 Å². The fourth-order valence-electron chi connectivity index (χ4n) is 14.1. The summed E-state index contributed by atoms with van der Waals surface area (Å²) in [6, 6.07) is 12.6. The number of aliphatic hydroxyl groups is 3. The Morgan fingerprint density at radius 3 is 1.46 bits per heavy atom. The Labute approximate surface area is 658 Å². The van der Waals surface area contributed by atoms with Crippen molar-refractivity contribution in [1.82, 2.24) is 40.6 Å². The van der Waals surface area contributed by atoms with Gasteiger partial charge in [-0.1, -0.05) is 50.2 Å². The summed E-state index contributed by atoms with van der Waals surface area (Å²) < 4.78 is 0. The first-order valence-electron chi connectivity index (χ1n) is 37.9. The van der Waals surface area contributed by atoms with Crippen LogP contribution in [0, 0.1) is 43.6 Å². The number of Topliss-reactive ketones (excluding diaryl/α,β-unsaturated/α-hetero) is 4. The molecule has 11 amide bonds. The van der Waals surface area contributed by atoms with Crippen LogP contribution in [0.15, 0.2) is 90.2 Å². The molecule has 34 nitrogen and oxygen atoms in total. The zero-order chi connectivity index (χ0) is 83.8. The average Bonchev–Trinajstić information content (AvgIpc) is 1.65. The number of β-amino-alcohol motifs (C(OH)–C–C–N with tert-alkyl or cyclic N) is 2. The molecule has 3 aromatic carbocycles. The molecule has 614 valence electrons. The molecule has 6 aliphatic rings. The van der Waals surface area contributed by atoms with Gasteiger partial charge in [-0.15, -0.1) is 5.06 Å². The molecule has 10 atom stereocenters. The van der Waals surface area contributed by atoms with Gasteiger partial charge in [0.15, 0.2) is 17.3 Å². The topological polar surface area (TPSA) is 534 Å². The maximum Gasteiger partial charge on any atom is 0.333 e. The molecule has 0 aromatic heterocycles. The number of nitrogens with two attached hydrogens (primary N) is 3. The van der Waals surface area contributed by atoms with Crippen molar-refractivity contribution in [3.05, 3.63) is 124 Å². The number of nitrogens with one attached hydrogen (secondary N) is 3. The highest BCUT2D eigenvalue weighted by molar-refractivity contribution is 6.02. The lowest BCUT2D eigenvalue weighted by Gasteiger charge is -2.31. The summed E-state index contributed by atoms with van der Waals surface area (Å²) in [5, 5.41) is 66.8. The number of hydrogen-bond donors (Lipinski definition) is 12. The minimum atomic E-state index is -1.07. The molecular weight excluding hydrogens is 1480 g/mol. The van der Waals surface area contributed by atoms with Gasteiger partial charge in [-0.3, -0.25) is 71.9 Å². The van der Waals surface area contributed by atoms with E-state index in [1.54, 1.807) is 68.5 Å². The first-order chi connectivity index (χ1) is 54.0. The quantitative estimate of drug-likeness (QED) is 0.0285. The fraction of sp³-hybridized carbons (Fsp3) is 0.500. The number of amides is 11. The number of carbonyl (C=O) groups is 16. The van der Waals surface area contributed by atoms with Crippen molar-refractivity contribution >= 4 is 94.1 Å². The van der Waals surface area contributed by atoms with Crippen LogP contribution < -0.4 is 33.2 Å². The minimum Gasteiger partial charge on any atom is -0.508 e. The third-order valence-corrected chi connectivity index (χ3v) is 20.5. The van der Waals surface area contributed by atoms with Gasteiger partial charge in [0.05, 0.1) is 86.6 Å². The number of rotatable bonds is 34. The molecule has 1 aliphatic carbocycles. The number of benzene rings is 3. The molecule has 5 fully saturated rings. The van der Waals surface area contributed by atoms with E-state index in [1.807, 2.05) is 0 Å². The highest BCUT2D eigenvalue weighted by Gasteiger charge is 2.47. The van der Waals surface area contributed by atoms with E-state index in [9.17, 15) is 107 Å². The molecule has 5 aliphatic heterocycles. The third kappa shape index (κ3) is 26.2. The van der Waals surface area contributed by atoms with Crippen LogP contribution in [-0.4, -0.2) is 238 Å². The van der Waals surface area contributed by atoms with E-state index in [-0.39, 0.29) is 168 Å². The second-order valence-corrected chi connectivity index (χ2v) is 29.5. The van der Waals surface area contributed by atoms with E-state index in [0.717, 1.165) is 22.3 Å². The van der Waals surface area contributed by atoms with Gasteiger partial charge in [-0.05, 0) is 111 Å². The predicted octanol–water partition coefficient (Wildman–Crippen LogP) is 0.465. The molecule has 0 bridgehead atoms. The molecule has 0 spiro atoms. The molecule has 5 heterocycles. The molecule has 114 heavy (non-hydrogen) atoms. The van der Waals surface area contributed by atoms with E-state index in [1.165, 1.54) is 57.7 Å². The van der Waals surface area contributed by atoms with Gasteiger partial charge < -0.3 is 88.2 Å². The van der Waals surface area contributed by atoms with Crippen molar-refractivity contribution in [2.45, 2.75) is 180 Å². The Balaban J connectivity index is 0.000000260. The van der Waals surface area contributed by atoms with Crippen molar-refractivity contribution in [1.29, 1.82) is 0 Å². The summed E-state index contributed by atoms with van der Waals surface area (Å²) in [5.41, 5.74) is 21.0. The van der Waals surface area contributed by atoms with Crippen molar-refractivity contribution < 1.29 is 112 Å². The van der Waals surface area contributed by atoms with Crippen LogP contribution in [0.4, 0.5) is 0 Å². The number of aliphatic hydroxyl groups excluding tert-OH is 3. The van der Waals surface area contributed by atoms with Gasteiger partial charge in [0.25, 0.3) is 17.6 Å². The highest BCUT2D eigenvalue weighted by atomic mass is 16.7. The van der Waals surface area contributed by atoms with E-state index < -0.39 is 138 Å². The molecule has 0 saturated carbocycles. The Kier molecular flexibility index (Phi) is 33.3. The summed E-state index contributed by atoms with van der Waals surface area (Å²) in [5.74, 6) is -10.7. The predicted molar refractivity (Wildman–Crippen MR) is 405 cm³/mol. The number of allylic oxidation sites excluding steroid dienone is 5. The Morgan fingerprint density at radius 2 is 1.01 bits per heavy atom. The molecule has 3 aromatic rings. The van der Waals surface area contributed by atoms with Gasteiger partial charge >= 0.3 is 5.97 Å². The number of nitrogens with zero attached hydrogens (tertiary/aromatic N) is 5. The minimum absolute atomic E-state index is 0.0118. The lowest BCUT2D eigenvalue weighted by molar-refractivity contribution is -0.197. The number of carbonyl (C=O) groups excluding carboxylic acids is 16. The largest absolute Gasteiger partial charge is 0.508 e. The molecule has 0 radical (unpaired) electrons. The SMILES string of the molecule is CC(CC(=O)CN)C(=O)NCC(=O)N1C[C@@H](O)CC1C(=O)N1CCCC1C(=O)CC(Cc1ccc(O)cc1)C(N)=O.Cc1cc(CCC(=O)NCC(=O)CC(C)C(=O)NCC(=O)N2C[C@@H](O)CC2C(=O)N2CCCC2C(=O)CC(CC2=C[C+]=C(O)C=C2)C(N)=O)ccc1O.Cc1cc(CCC(=O)ON2C(=O)CCC2=O)ccc1O. The molecule has 5 saturated heterocycles. The molecule has 15 N–H and O–H groups in total. The molecule has 9 rings (SSSR count). The van der Waals surface area contributed by atoms with Crippen LogP contribution in [0.25, 0.3) is 0 Å². The normalized spacial score (nSPS) is 19.9. The lowest BCUT2D eigenvalue weighted by Crippen LogP contribution is -2.53. The van der Waals surface area contributed by atoms with Gasteiger partial charge in [0.1, 0.15) is 41.2 Å². The zero-order valence-electron chi connectivity index (χ0n) is 64.3. The van der Waals surface area contributed by atoms with Crippen LogP contribution >= 0.6 is 0 Å². The van der Waals surface area contributed by atoms with Crippen LogP contribution in [-0.2, 0) is 101 Å². The summed E-state index contributed by atoms with van der Waals surface area (Å²) in [6.45, 7) is 5.49. The lowest BCUT2D eigenvalue weighted by atomic mass is 9.89. The molecular formula is C80H102N11O23+. The van der Waals surface area contributed by atoms with Crippen molar-refractivity contribution in [2.24, 2.45) is 40.9 Å². The maximum atomic E-state index is 13.8. The van der Waals surface area contributed by atoms with Crippen LogP contribution in [0.5, 0.6) is 17.2 Å². The number of likely N-dealkylation sites (tertiary alicyclic amines) is 4. The van der Waals surface area contributed by atoms with Crippen LogP contribution in [0.1, 0.15) is 138 Å². The fourth-order valence-corrected chi connectivity index (χ4v) is 14.1. The molecule has 34 heteroatoms. The maximum absolute atomic E-state index is 13.8. The number of ketones is 4. The van der Waals surface area contributed by atoms with Crippen molar-refractivity contribution in [2.75, 3.05) is 52.4 Å². The second kappa shape index (κ2) is 42.3. The molecule has 8 unspecified atom stereocenters. The monoisotopic (exact) mass is 1580 g/mol. The standard InChI is InChI=1S/C38H47N5O10.C28H39N5O8.C14H15NO5/c1-22-14-24(7-11-32(22)47)8-12-34(49)40-19-28(45)15-23(2)37(52)41-20-35(50)43-21-29(46)18-31(43)38(53)42-13-3-4-30(42)33(48)17-26(36(39)51)16-25-5-9-27(44)10-6-25;1-16(9-20(35)13-29)27(40)31-14-25(38)33-15-21(36)12-23(33)28(41)32-8-2-3-22(32)24(37)11-18(26(30)39)10-17-4-6-19(34)7-5-17;1-9-8-10(2-4-11(9)16)3-7-14(19)20-15-12(17)5-6-13(15)18/h5-7,9,11,14,23,26,29-31,46H,3-4,8,12-13,15-21H2,1-2H3,(H5-,39,40,41,44,47,49,51,52);4-7,16,18,21-23,34,36H,2-3,8-15,29H2,1H3,(H2,30,39)(H,31,40);2,4,8,16H,3,5-7H2,1H3/p+1/t23?,26?,29-,30?,31?;16?,18?,21-,22?,23?;/m00./s1. The number of hydroxylamine groups is 2. The average molecular weight is 1590 g/mol. The van der Waals surface area contributed by atoms with Crippen LogP contribution in [0.2, 0.25) is 0 Å². The number of primary amides is 2. The smallest absolute Gasteiger partial charge is 0.333 e. The number of phenolic OH excluding ortho intramolecular Hbond substituents is 3. The van der Waals surface area contributed by atoms with E-state index in [4.69, 9.17) is 22.0 Å². The number of imide groups is 1. The Hall–Kier alpha value is -11.6. The van der Waals surface area contributed by atoms with Gasteiger partial charge in [-0.25, -0.2) is 4.79 Å². The van der Waals surface area contributed by atoms with Gasteiger partial charge in [0, 0.05) is 108 Å². The number of hydrogen-bond acceptors (Lipinski definition) is 24.